The van der Waals surface area contributed by atoms with Crippen LogP contribution in [-0.4, -0.2) is 29.0 Å². The van der Waals surface area contributed by atoms with Crippen LogP contribution in [0.25, 0.3) is 0 Å². The van der Waals surface area contributed by atoms with E-state index in [9.17, 15) is 0 Å². The van der Waals surface area contributed by atoms with Gasteiger partial charge in [0.2, 0.25) is 0 Å². The highest BCUT2D eigenvalue weighted by molar-refractivity contribution is 6.18. The summed E-state index contributed by atoms with van der Waals surface area (Å²) in [6, 6.07) is 2.10. The quantitative estimate of drug-likeness (QED) is 0.712. The van der Waals surface area contributed by atoms with Crippen LogP contribution in [0, 0.1) is 5.92 Å². The molecule has 0 saturated heterocycles. The minimum Gasteiger partial charge on any atom is -0.463 e. The molecule has 0 fully saturated rings. The van der Waals surface area contributed by atoms with Gasteiger partial charge in [0.25, 0.3) is 0 Å². The first-order chi connectivity index (χ1) is 6.36. The highest BCUT2D eigenvalue weighted by Gasteiger charge is 2.06. The lowest BCUT2D eigenvalue weighted by molar-refractivity contribution is 0.246. The zero-order chi connectivity index (χ0) is 9.52. The molecule has 0 aliphatic carbocycles. The van der Waals surface area contributed by atoms with Gasteiger partial charge < -0.3 is 10.5 Å². The minimum absolute atomic E-state index is 0.158. The fourth-order valence-corrected chi connectivity index (χ4v) is 0.943. The van der Waals surface area contributed by atoms with E-state index in [0.29, 0.717) is 25.0 Å². The summed E-state index contributed by atoms with van der Waals surface area (Å²) < 4.78 is 5.26. The molecule has 13 heavy (non-hydrogen) atoms. The molecule has 1 atom stereocenters. The Balaban J connectivity index is 2.34. The molecule has 1 unspecified atom stereocenters. The monoisotopic (exact) mass is 201 g/mol. The summed E-state index contributed by atoms with van der Waals surface area (Å²) in [6.07, 6.45) is 3.25. The van der Waals surface area contributed by atoms with Crippen molar-refractivity contribution in [3.8, 4) is 6.01 Å². The molecule has 0 aliphatic heterocycles. The second kappa shape index (κ2) is 5.72. The van der Waals surface area contributed by atoms with E-state index < -0.39 is 0 Å². The Morgan fingerprint density at radius 2 is 2.15 bits per heavy atom. The van der Waals surface area contributed by atoms with Gasteiger partial charge in [0, 0.05) is 24.2 Å². The van der Waals surface area contributed by atoms with Crippen molar-refractivity contribution in [1.82, 2.24) is 9.97 Å². The maximum atomic E-state index is 5.63. The Morgan fingerprint density at radius 1 is 1.46 bits per heavy atom. The molecule has 1 aromatic rings. The van der Waals surface area contributed by atoms with Gasteiger partial charge in [-0.1, -0.05) is 0 Å². The minimum atomic E-state index is 0.158. The van der Waals surface area contributed by atoms with Gasteiger partial charge in [-0.3, -0.25) is 0 Å². The smallest absolute Gasteiger partial charge is 0.316 e. The summed E-state index contributed by atoms with van der Waals surface area (Å²) in [5, 5.41) is 0. The topological polar surface area (TPSA) is 61.0 Å². The lowest BCUT2D eigenvalue weighted by Gasteiger charge is -2.10. The summed E-state index contributed by atoms with van der Waals surface area (Å²) in [6.45, 7) is 0.973. The Kier molecular flexibility index (Phi) is 4.49. The van der Waals surface area contributed by atoms with Crippen LogP contribution in [0.1, 0.15) is 0 Å². The van der Waals surface area contributed by atoms with E-state index in [1.165, 1.54) is 0 Å². The number of rotatable bonds is 5. The number of hydrogen-bond acceptors (Lipinski definition) is 4. The van der Waals surface area contributed by atoms with Gasteiger partial charge in [-0.25, -0.2) is 9.97 Å². The Labute approximate surface area is 82.1 Å². The van der Waals surface area contributed by atoms with Gasteiger partial charge in [-0.05, 0) is 12.6 Å². The normalized spacial score (nSPS) is 12.5. The predicted octanol–water partition coefficient (Wildman–Crippen LogP) is 0.669. The first-order valence-corrected chi connectivity index (χ1v) is 4.56. The van der Waals surface area contributed by atoms with E-state index in [1.807, 2.05) is 0 Å². The van der Waals surface area contributed by atoms with E-state index in [4.69, 9.17) is 22.1 Å². The molecule has 2 N–H and O–H groups in total. The first-order valence-electron chi connectivity index (χ1n) is 4.02. The van der Waals surface area contributed by atoms with Crippen molar-refractivity contribution in [3.05, 3.63) is 18.5 Å². The summed E-state index contributed by atoms with van der Waals surface area (Å²) in [4.78, 5) is 7.80. The van der Waals surface area contributed by atoms with Gasteiger partial charge in [0.15, 0.2) is 0 Å². The second-order valence-corrected chi connectivity index (χ2v) is 2.91. The van der Waals surface area contributed by atoms with E-state index in [0.717, 1.165) is 0 Å². The summed E-state index contributed by atoms with van der Waals surface area (Å²) in [5.41, 5.74) is 5.44. The standard InChI is InChI=1S/C8H12ClN3O/c9-4-7(5-10)6-13-8-11-2-1-3-12-8/h1-3,7H,4-6,10H2. The molecule has 5 heteroatoms. The van der Waals surface area contributed by atoms with Crippen LogP contribution in [-0.2, 0) is 0 Å². The highest BCUT2D eigenvalue weighted by Crippen LogP contribution is 2.02. The van der Waals surface area contributed by atoms with Crippen LogP contribution in [0.4, 0.5) is 0 Å². The molecule has 4 nitrogen and oxygen atoms in total. The van der Waals surface area contributed by atoms with Gasteiger partial charge in [-0.15, -0.1) is 11.6 Å². The number of nitrogens with two attached hydrogens (primary N) is 1. The number of ether oxygens (including phenoxy) is 1. The molecule has 0 spiro atoms. The van der Waals surface area contributed by atoms with Crippen LogP contribution in [0.5, 0.6) is 6.01 Å². The lowest BCUT2D eigenvalue weighted by Crippen LogP contribution is -2.23. The van der Waals surface area contributed by atoms with Gasteiger partial charge in [-0.2, -0.15) is 0 Å². The maximum absolute atomic E-state index is 5.63. The van der Waals surface area contributed by atoms with Gasteiger partial charge in [0.1, 0.15) is 0 Å². The van der Waals surface area contributed by atoms with Crippen molar-refractivity contribution in [2.24, 2.45) is 11.7 Å². The van der Waals surface area contributed by atoms with Crippen molar-refractivity contribution in [3.63, 3.8) is 0 Å². The van der Waals surface area contributed by atoms with E-state index in [1.54, 1.807) is 18.5 Å². The van der Waals surface area contributed by atoms with E-state index in [2.05, 4.69) is 9.97 Å². The third kappa shape index (κ3) is 3.57. The van der Waals surface area contributed by atoms with E-state index in [-0.39, 0.29) is 5.92 Å². The molecule has 0 saturated carbocycles. The molecule has 1 rings (SSSR count). The number of alkyl halides is 1. The third-order valence-electron chi connectivity index (χ3n) is 1.54. The summed E-state index contributed by atoms with van der Waals surface area (Å²) in [5.74, 6) is 0.647. The second-order valence-electron chi connectivity index (χ2n) is 2.60. The van der Waals surface area contributed by atoms with E-state index >= 15 is 0 Å². The Bertz CT molecular complexity index is 228. The van der Waals surface area contributed by atoms with Crippen LogP contribution in [0.3, 0.4) is 0 Å². The van der Waals surface area contributed by atoms with Crippen molar-refractivity contribution in [2.45, 2.75) is 0 Å². The van der Waals surface area contributed by atoms with Crippen LogP contribution >= 0.6 is 11.6 Å². The van der Waals surface area contributed by atoms with Gasteiger partial charge in [0.05, 0.1) is 6.61 Å². The molecule has 0 amide bonds. The maximum Gasteiger partial charge on any atom is 0.316 e. The summed E-state index contributed by atoms with van der Waals surface area (Å²) in [7, 11) is 0. The third-order valence-corrected chi connectivity index (χ3v) is 1.98. The Morgan fingerprint density at radius 3 is 2.69 bits per heavy atom. The predicted molar refractivity (Wildman–Crippen MR) is 50.8 cm³/mol. The molecule has 1 aromatic heterocycles. The highest BCUT2D eigenvalue weighted by atomic mass is 35.5. The SMILES string of the molecule is NCC(CCl)COc1ncccn1. The van der Waals surface area contributed by atoms with Crippen molar-refractivity contribution >= 4 is 11.6 Å². The molecule has 0 radical (unpaired) electrons. The van der Waals surface area contributed by atoms with Crippen molar-refractivity contribution in [2.75, 3.05) is 19.0 Å². The van der Waals surface area contributed by atoms with Crippen LogP contribution in [0.2, 0.25) is 0 Å². The molecule has 1 heterocycles. The first kappa shape index (κ1) is 10.2. The van der Waals surface area contributed by atoms with Crippen molar-refractivity contribution < 1.29 is 4.74 Å². The molecule has 72 valence electrons. The van der Waals surface area contributed by atoms with Gasteiger partial charge >= 0.3 is 6.01 Å². The number of halogens is 1. The number of aromatic nitrogens is 2. The zero-order valence-electron chi connectivity index (χ0n) is 7.19. The summed E-state index contributed by atoms with van der Waals surface area (Å²) >= 11 is 5.63. The number of nitrogens with zero attached hydrogens (tertiary/aromatic N) is 2. The zero-order valence-corrected chi connectivity index (χ0v) is 7.94. The average molecular weight is 202 g/mol. The molecular formula is C8H12ClN3O. The largest absolute Gasteiger partial charge is 0.463 e. The van der Waals surface area contributed by atoms with Crippen LogP contribution < -0.4 is 10.5 Å². The molecule has 0 aromatic carbocycles. The average Bonchev–Trinajstić information content (AvgIpc) is 2.21. The van der Waals surface area contributed by atoms with Crippen molar-refractivity contribution in [1.29, 1.82) is 0 Å². The molecular weight excluding hydrogens is 190 g/mol. The lowest BCUT2D eigenvalue weighted by atomic mass is 10.2. The number of hydrogen-bond donors (Lipinski definition) is 1. The molecule has 0 bridgehead atoms. The fraction of sp³-hybridized carbons (Fsp3) is 0.500. The van der Waals surface area contributed by atoms with Crippen LogP contribution in [0.15, 0.2) is 18.5 Å². The molecule has 0 aliphatic rings. The fourth-order valence-electron chi connectivity index (χ4n) is 0.728. The Hall–Kier alpha value is -0.870.